The molecule has 1 fully saturated rings. The fourth-order valence-electron chi connectivity index (χ4n) is 1.99. The highest BCUT2D eigenvalue weighted by molar-refractivity contribution is 7.80. The predicted octanol–water partition coefficient (Wildman–Crippen LogP) is 0.229. The van der Waals surface area contributed by atoms with Crippen LogP contribution in [-0.4, -0.2) is 40.7 Å². The summed E-state index contributed by atoms with van der Waals surface area (Å²) in [5.74, 6) is 0.0379. The fraction of sp³-hybridized carbons (Fsp3) is 0.500. The zero-order chi connectivity index (χ0) is 14.7. The molecule has 1 N–H and O–H groups in total. The molecule has 1 aliphatic rings. The van der Waals surface area contributed by atoms with E-state index in [1.54, 1.807) is 6.92 Å². The smallest absolute Gasteiger partial charge is 0.345 e. The van der Waals surface area contributed by atoms with E-state index in [9.17, 15) is 14.4 Å². The van der Waals surface area contributed by atoms with Crippen molar-refractivity contribution in [3.8, 4) is 0 Å². The SMILES string of the molecule is CCOC(=O)c1cnc(N2CC(CS)CC2=O)[nH]c1=O. The highest BCUT2D eigenvalue weighted by atomic mass is 32.1. The van der Waals surface area contributed by atoms with Crippen molar-refractivity contribution in [3.63, 3.8) is 0 Å². The van der Waals surface area contributed by atoms with Gasteiger partial charge in [0.05, 0.1) is 12.8 Å². The van der Waals surface area contributed by atoms with E-state index in [0.29, 0.717) is 18.7 Å². The largest absolute Gasteiger partial charge is 0.462 e. The number of nitrogens with zero attached hydrogens (tertiary/aromatic N) is 2. The summed E-state index contributed by atoms with van der Waals surface area (Å²) in [7, 11) is 0. The number of ether oxygens (including phenoxy) is 1. The zero-order valence-electron chi connectivity index (χ0n) is 11.0. The average Bonchev–Trinajstić information content (AvgIpc) is 2.80. The summed E-state index contributed by atoms with van der Waals surface area (Å²) in [6.45, 7) is 2.28. The predicted molar refractivity (Wildman–Crippen MR) is 75.1 cm³/mol. The van der Waals surface area contributed by atoms with Gasteiger partial charge >= 0.3 is 5.97 Å². The molecule has 0 radical (unpaired) electrons. The summed E-state index contributed by atoms with van der Waals surface area (Å²) in [4.78, 5) is 42.9. The zero-order valence-corrected chi connectivity index (χ0v) is 11.9. The van der Waals surface area contributed by atoms with Crippen LogP contribution >= 0.6 is 12.6 Å². The Hall–Kier alpha value is -1.83. The van der Waals surface area contributed by atoms with Crippen LogP contribution in [0.1, 0.15) is 23.7 Å². The van der Waals surface area contributed by atoms with Gasteiger partial charge in [-0.25, -0.2) is 9.78 Å². The Balaban J connectivity index is 2.24. The highest BCUT2D eigenvalue weighted by Gasteiger charge is 2.31. The van der Waals surface area contributed by atoms with Crippen LogP contribution in [0.4, 0.5) is 5.95 Å². The number of carbonyl (C=O) groups excluding carboxylic acids is 2. The van der Waals surface area contributed by atoms with Crippen molar-refractivity contribution in [2.45, 2.75) is 13.3 Å². The minimum Gasteiger partial charge on any atom is -0.462 e. The third-order valence-corrected chi connectivity index (χ3v) is 3.52. The number of anilines is 1. The van der Waals surface area contributed by atoms with Crippen molar-refractivity contribution in [2.75, 3.05) is 23.8 Å². The Labute approximate surface area is 120 Å². The third-order valence-electron chi connectivity index (χ3n) is 3.00. The van der Waals surface area contributed by atoms with Gasteiger partial charge in [-0.05, 0) is 18.6 Å². The topological polar surface area (TPSA) is 92.4 Å². The maximum absolute atomic E-state index is 11.8. The lowest BCUT2D eigenvalue weighted by molar-refractivity contribution is -0.117. The van der Waals surface area contributed by atoms with E-state index in [0.717, 1.165) is 6.20 Å². The van der Waals surface area contributed by atoms with Gasteiger partial charge in [0.2, 0.25) is 11.9 Å². The van der Waals surface area contributed by atoms with Gasteiger partial charge in [-0.1, -0.05) is 0 Å². The first-order chi connectivity index (χ1) is 9.56. The van der Waals surface area contributed by atoms with E-state index in [-0.39, 0.29) is 29.9 Å². The second-order valence-corrected chi connectivity index (χ2v) is 4.79. The van der Waals surface area contributed by atoms with Gasteiger partial charge < -0.3 is 4.74 Å². The minimum atomic E-state index is -0.728. The molecule has 0 saturated carbocycles. The minimum absolute atomic E-state index is 0.115. The number of amides is 1. The maximum atomic E-state index is 11.8. The normalized spacial score (nSPS) is 18.4. The first-order valence-corrected chi connectivity index (χ1v) is 6.87. The van der Waals surface area contributed by atoms with E-state index in [2.05, 4.69) is 22.6 Å². The summed E-state index contributed by atoms with van der Waals surface area (Å²) in [6.07, 6.45) is 1.51. The lowest BCUT2D eigenvalue weighted by Crippen LogP contribution is -2.30. The Morgan fingerprint density at radius 1 is 1.60 bits per heavy atom. The molecule has 0 spiro atoms. The molecule has 1 amide bonds. The lowest BCUT2D eigenvalue weighted by atomic mass is 10.1. The lowest BCUT2D eigenvalue weighted by Gasteiger charge is -2.14. The van der Waals surface area contributed by atoms with Crippen molar-refractivity contribution in [1.82, 2.24) is 9.97 Å². The molecule has 1 aromatic heterocycles. The molecule has 1 atom stereocenters. The summed E-state index contributed by atoms with van der Waals surface area (Å²) in [5, 5.41) is 0. The quantitative estimate of drug-likeness (QED) is 0.613. The van der Waals surface area contributed by atoms with Crippen LogP contribution in [-0.2, 0) is 9.53 Å². The molecule has 1 unspecified atom stereocenters. The second kappa shape index (κ2) is 6.08. The Bertz CT molecular complexity index is 586. The van der Waals surface area contributed by atoms with Crippen LogP contribution in [0.2, 0.25) is 0 Å². The molecule has 108 valence electrons. The average molecular weight is 297 g/mol. The van der Waals surface area contributed by atoms with Crippen LogP contribution in [0.3, 0.4) is 0 Å². The monoisotopic (exact) mass is 297 g/mol. The molecule has 0 aliphatic carbocycles. The molecular formula is C12H15N3O4S. The van der Waals surface area contributed by atoms with Gasteiger partial charge in [-0.2, -0.15) is 12.6 Å². The van der Waals surface area contributed by atoms with E-state index in [4.69, 9.17) is 4.74 Å². The fourth-order valence-corrected chi connectivity index (χ4v) is 2.23. The Kier molecular flexibility index (Phi) is 4.43. The van der Waals surface area contributed by atoms with Crippen LogP contribution < -0.4 is 10.5 Å². The summed E-state index contributed by atoms with van der Waals surface area (Å²) in [6, 6.07) is 0. The molecule has 1 aromatic rings. The van der Waals surface area contributed by atoms with Crippen molar-refractivity contribution < 1.29 is 14.3 Å². The van der Waals surface area contributed by atoms with E-state index < -0.39 is 11.5 Å². The molecule has 1 aliphatic heterocycles. The Morgan fingerprint density at radius 3 is 2.90 bits per heavy atom. The van der Waals surface area contributed by atoms with Gasteiger partial charge in [0.1, 0.15) is 5.56 Å². The molecule has 2 heterocycles. The number of hydrogen-bond donors (Lipinski definition) is 2. The Morgan fingerprint density at radius 2 is 2.35 bits per heavy atom. The summed E-state index contributed by atoms with van der Waals surface area (Å²) < 4.78 is 4.74. The van der Waals surface area contributed by atoms with Crippen LogP contribution in [0.5, 0.6) is 0 Å². The van der Waals surface area contributed by atoms with Gasteiger partial charge in [-0.3, -0.25) is 19.5 Å². The van der Waals surface area contributed by atoms with E-state index >= 15 is 0 Å². The number of hydrogen-bond acceptors (Lipinski definition) is 6. The van der Waals surface area contributed by atoms with Crippen LogP contribution in [0, 0.1) is 5.92 Å². The molecule has 0 aromatic carbocycles. The van der Waals surface area contributed by atoms with Gasteiger partial charge in [0, 0.05) is 13.0 Å². The molecule has 0 bridgehead atoms. The van der Waals surface area contributed by atoms with Gasteiger partial charge in [-0.15, -0.1) is 0 Å². The van der Waals surface area contributed by atoms with Gasteiger partial charge in [0.15, 0.2) is 0 Å². The van der Waals surface area contributed by atoms with Gasteiger partial charge in [0.25, 0.3) is 5.56 Å². The first kappa shape index (κ1) is 14.6. The molecule has 20 heavy (non-hydrogen) atoms. The number of aromatic nitrogens is 2. The standard InChI is InChI=1S/C12H15N3O4S/c1-2-19-11(18)8-4-13-12(14-10(8)17)15-5-7(6-20)3-9(15)16/h4,7,20H,2-3,5-6H2,1H3,(H,13,14,17). The number of rotatable bonds is 4. The van der Waals surface area contributed by atoms with Crippen molar-refractivity contribution in [2.24, 2.45) is 5.92 Å². The molecule has 1 saturated heterocycles. The number of aromatic amines is 1. The number of carbonyl (C=O) groups is 2. The number of thiol groups is 1. The maximum Gasteiger partial charge on any atom is 0.345 e. The van der Waals surface area contributed by atoms with Crippen molar-refractivity contribution >= 4 is 30.5 Å². The van der Waals surface area contributed by atoms with Crippen LogP contribution in [0.15, 0.2) is 11.0 Å². The second-order valence-electron chi connectivity index (χ2n) is 4.43. The molecule has 7 nitrogen and oxygen atoms in total. The summed E-state index contributed by atoms with van der Waals surface area (Å²) >= 11 is 4.16. The van der Waals surface area contributed by atoms with Crippen molar-refractivity contribution in [3.05, 3.63) is 22.1 Å². The van der Waals surface area contributed by atoms with E-state index in [1.165, 1.54) is 4.90 Å². The van der Waals surface area contributed by atoms with Crippen LogP contribution in [0.25, 0.3) is 0 Å². The highest BCUT2D eigenvalue weighted by Crippen LogP contribution is 2.22. The molecule has 8 heteroatoms. The van der Waals surface area contributed by atoms with E-state index in [1.807, 2.05) is 0 Å². The number of nitrogens with one attached hydrogen (secondary N) is 1. The molecule has 2 rings (SSSR count). The van der Waals surface area contributed by atoms with Crippen molar-refractivity contribution in [1.29, 1.82) is 0 Å². The third kappa shape index (κ3) is 2.84. The molecular weight excluding hydrogens is 282 g/mol. The first-order valence-electron chi connectivity index (χ1n) is 6.24. The number of H-pyrrole nitrogens is 1. The summed E-state index contributed by atoms with van der Waals surface area (Å²) in [5.41, 5.74) is -0.788. The number of esters is 1.